The monoisotopic (exact) mass is 331 g/mol. The average Bonchev–Trinajstić information content (AvgIpc) is 0.811. The van der Waals surface area contributed by atoms with Gasteiger partial charge in [0.25, 0.3) is 5.09 Å². The van der Waals surface area contributed by atoms with Crippen molar-refractivity contribution in [2.24, 2.45) is 0 Å². The number of nitrogens with zero attached hydrogens (tertiary/aromatic N) is 1. The molecule has 0 aliphatic carbocycles. The first-order valence-electron chi connectivity index (χ1n) is 0.565. The predicted molar refractivity (Wildman–Crippen MR) is 23.1 cm³/mol. The van der Waals surface area contributed by atoms with E-state index in [-0.39, 0.29) is 138 Å². The summed E-state index contributed by atoms with van der Waals surface area (Å²) in [5.41, 5.74) is 0. The van der Waals surface area contributed by atoms with E-state index in [4.69, 9.17) is 15.3 Å². The van der Waals surface area contributed by atoms with Gasteiger partial charge in [-0.25, -0.2) is 0 Å². The Morgan fingerprint density at radius 1 is 1.50 bits per heavy atom. The van der Waals surface area contributed by atoms with Crippen molar-refractivity contribution >= 4 is 138 Å². The molecule has 0 rings (SSSR count). The molecule has 0 spiro atoms. The molecule has 4 nitrogen and oxygen atoms in total. The summed E-state index contributed by atoms with van der Waals surface area (Å²) in [6.07, 6.45) is 0. The second kappa shape index (κ2) is 11.1. The van der Waals surface area contributed by atoms with Gasteiger partial charge in [0.05, 0.1) is 0 Å². The number of rotatable bonds is 0. The summed E-state index contributed by atoms with van der Waals surface area (Å²) in [7, 11) is 0. The van der Waals surface area contributed by atoms with Gasteiger partial charge in [-0.1, -0.05) is 0 Å². The molecule has 0 aromatic heterocycles. The van der Waals surface area contributed by atoms with Crippen LogP contribution in [-0.4, -0.2) is 148 Å². The van der Waals surface area contributed by atoms with Gasteiger partial charge in [0.2, 0.25) is 0 Å². The van der Waals surface area contributed by atoms with E-state index in [0.717, 1.165) is 0 Å². The third-order valence-electron chi connectivity index (χ3n) is 0. The van der Waals surface area contributed by atoms with Gasteiger partial charge < -0.3 is 5.21 Å². The van der Waals surface area contributed by atoms with E-state index >= 15 is 0 Å². The van der Waals surface area contributed by atoms with Crippen LogP contribution in [0.1, 0.15) is 0 Å². The van der Waals surface area contributed by atoms with Crippen LogP contribution in [0.3, 0.4) is 0 Å². The van der Waals surface area contributed by atoms with Crippen molar-refractivity contribution in [2.45, 2.75) is 0 Å². The Hall–Kier alpha value is 3.30. The molecule has 0 aromatic carbocycles. The Labute approximate surface area is 152 Å². The molecule has 28 valence electrons. The molecule has 0 unspecified atom stereocenters. The molecule has 0 aromatic rings. The van der Waals surface area contributed by atoms with Gasteiger partial charge in [-0.15, -0.1) is 10.1 Å². The van der Waals surface area contributed by atoms with E-state index < -0.39 is 5.09 Å². The van der Waals surface area contributed by atoms with Crippen molar-refractivity contribution in [3.05, 3.63) is 10.1 Å². The van der Waals surface area contributed by atoms with E-state index in [1.165, 1.54) is 0 Å². The third kappa shape index (κ3) is 26.6. The van der Waals surface area contributed by atoms with Crippen LogP contribution in [0.4, 0.5) is 0 Å². The van der Waals surface area contributed by atoms with Crippen molar-refractivity contribution in [2.75, 3.05) is 0 Å². The molecule has 0 saturated carbocycles. The molecule has 0 atom stereocenters. The van der Waals surface area contributed by atoms with Gasteiger partial charge in [0.1, 0.15) is 0 Å². The molecular weight excluding hydrogens is 328 g/mol. The summed E-state index contributed by atoms with van der Waals surface area (Å²) in [4.78, 5) is 8.36. The minimum absolute atomic E-state index is 0. The van der Waals surface area contributed by atoms with Crippen molar-refractivity contribution < 1.29 is 10.3 Å². The topological polar surface area (TPSA) is 63.4 Å². The van der Waals surface area contributed by atoms with E-state index in [9.17, 15) is 0 Å². The van der Waals surface area contributed by atoms with E-state index in [1.54, 1.807) is 0 Å². The van der Waals surface area contributed by atoms with Crippen LogP contribution < -0.4 is 0 Å². The molecule has 1 N–H and O–H groups in total. The summed E-state index contributed by atoms with van der Waals surface area (Å²) >= 11 is 0. The van der Waals surface area contributed by atoms with Crippen LogP contribution in [-0.2, 0) is 0 Å². The third-order valence-corrected chi connectivity index (χ3v) is 0. The quantitative estimate of drug-likeness (QED) is 0.428. The van der Waals surface area contributed by atoms with Gasteiger partial charge >= 0.3 is 138 Å². The normalized spacial score (nSPS) is 4.00. The molecule has 0 amide bonds. The second-order valence-corrected chi connectivity index (χ2v) is 0.238. The van der Waals surface area contributed by atoms with Crippen LogP contribution in [0.25, 0.3) is 0 Å². The Morgan fingerprint density at radius 3 is 1.50 bits per heavy atom. The molecule has 0 aliphatic rings. The number of hydrogen-bond donors (Lipinski definition) is 1. The zero-order valence-corrected chi connectivity index (χ0v) is 1.71. The van der Waals surface area contributed by atoms with E-state index in [1.807, 2.05) is 0 Å². The fourth-order valence-corrected chi connectivity index (χ4v) is 0. The standard InChI is InChI=1S/2Cs.HNO3.2H/c;;2-1(3)4;;/h;;(H,2,3,4);;. The molecule has 6 heteroatoms. The zero-order chi connectivity index (χ0) is 3.58. The van der Waals surface area contributed by atoms with Crippen LogP contribution in [0, 0.1) is 10.1 Å². The second-order valence-electron chi connectivity index (χ2n) is 0.238. The summed E-state index contributed by atoms with van der Waals surface area (Å²) in [6.45, 7) is 0. The Morgan fingerprint density at radius 2 is 1.50 bits per heavy atom. The molecule has 0 heterocycles. The summed E-state index contributed by atoms with van der Waals surface area (Å²) in [6, 6.07) is 0. The fraction of sp³-hybridized carbons (Fsp3) is 0. The molecular formula is H3Cs2NO3. The Kier molecular flexibility index (Phi) is 30.0. The Balaban J connectivity index is -0.0000000450. The average molecular weight is 331 g/mol. The zero-order valence-electron chi connectivity index (χ0n) is 1.71. The van der Waals surface area contributed by atoms with Gasteiger partial charge in [-0.3, -0.25) is 0 Å². The first kappa shape index (κ1) is 16.1. The van der Waals surface area contributed by atoms with Gasteiger partial charge in [-0.2, -0.15) is 0 Å². The van der Waals surface area contributed by atoms with Crippen LogP contribution >= 0.6 is 0 Å². The number of hydrogen-bond acceptors (Lipinski definition) is 2. The van der Waals surface area contributed by atoms with E-state index in [0.29, 0.717) is 0 Å². The minimum atomic E-state index is -1.50. The maximum atomic E-state index is 8.36. The van der Waals surface area contributed by atoms with Crippen LogP contribution in [0.15, 0.2) is 0 Å². The van der Waals surface area contributed by atoms with Gasteiger partial charge in [0, 0.05) is 0 Å². The first-order valence-corrected chi connectivity index (χ1v) is 0.565. The molecule has 0 fully saturated rings. The van der Waals surface area contributed by atoms with Gasteiger partial charge in [0.15, 0.2) is 0 Å². The molecule has 0 aliphatic heterocycles. The van der Waals surface area contributed by atoms with E-state index in [2.05, 4.69) is 0 Å². The maximum absolute atomic E-state index is 8.36. The molecule has 6 heavy (non-hydrogen) atoms. The van der Waals surface area contributed by atoms with Crippen LogP contribution in [0.2, 0.25) is 0 Å². The summed E-state index contributed by atoms with van der Waals surface area (Å²) in [5, 5.41) is 13.6. The predicted octanol–water partition coefficient (Wildman–Crippen LogP) is -1.64. The molecule has 0 bridgehead atoms. The van der Waals surface area contributed by atoms with Crippen molar-refractivity contribution in [1.29, 1.82) is 0 Å². The molecule has 0 radical (unpaired) electrons. The van der Waals surface area contributed by atoms with Crippen molar-refractivity contribution in [1.82, 2.24) is 0 Å². The van der Waals surface area contributed by atoms with Crippen molar-refractivity contribution in [3.63, 3.8) is 0 Å². The van der Waals surface area contributed by atoms with Crippen LogP contribution in [0.5, 0.6) is 0 Å². The van der Waals surface area contributed by atoms with Crippen molar-refractivity contribution in [3.8, 4) is 0 Å². The first-order chi connectivity index (χ1) is 1.73. The Bertz CT molecular complexity index is 31.8. The SMILES string of the molecule is O=[N+]([O-])O.[CsH].[CsH]. The fourth-order valence-electron chi connectivity index (χ4n) is 0. The van der Waals surface area contributed by atoms with Gasteiger partial charge in [-0.05, 0) is 0 Å². The summed E-state index contributed by atoms with van der Waals surface area (Å²) in [5.74, 6) is 0. The summed E-state index contributed by atoms with van der Waals surface area (Å²) < 4.78 is 0. The molecule has 0 saturated heterocycles.